The summed E-state index contributed by atoms with van der Waals surface area (Å²) >= 11 is 3.44. The average Bonchev–Trinajstić information content (AvgIpc) is 2.84. The zero-order valence-electron chi connectivity index (χ0n) is 10.3. The second kappa shape index (κ2) is 4.86. The van der Waals surface area contributed by atoms with Crippen LogP contribution in [0.15, 0.2) is 28.9 Å². The summed E-state index contributed by atoms with van der Waals surface area (Å²) in [6.45, 7) is 1.05. The van der Waals surface area contributed by atoms with E-state index in [4.69, 9.17) is 9.47 Å². The Labute approximate surface area is 118 Å². The first kappa shape index (κ1) is 12.5. The fourth-order valence-electron chi connectivity index (χ4n) is 2.04. The van der Waals surface area contributed by atoms with Crippen molar-refractivity contribution < 1.29 is 14.6 Å². The molecular formula is C13H13BrN2O3. The van der Waals surface area contributed by atoms with Crippen molar-refractivity contribution >= 4 is 15.9 Å². The van der Waals surface area contributed by atoms with Crippen molar-refractivity contribution in [3.05, 3.63) is 40.1 Å². The quantitative estimate of drug-likeness (QED) is 0.918. The third-order valence-corrected chi connectivity index (χ3v) is 3.54. The van der Waals surface area contributed by atoms with Gasteiger partial charge in [0.1, 0.15) is 19.3 Å². The first-order valence-electron chi connectivity index (χ1n) is 5.92. The van der Waals surface area contributed by atoms with Crippen molar-refractivity contribution in [3.63, 3.8) is 0 Å². The van der Waals surface area contributed by atoms with Gasteiger partial charge in [-0.1, -0.05) is 0 Å². The average molecular weight is 325 g/mol. The number of hydrogen-bond donors (Lipinski definition) is 1. The summed E-state index contributed by atoms with van der Waals surface area (Å²) in [5, 5.41) is 14.5. The van der Waals surface area contributed by atoms with E-state index in [1.165, 1.54) is 0 Å². The monoisotopic (exact) mass is 324 g/mol. The van der Waals surface area contributed by atoms with Crippen LogP contribution in [-0.4, -0.2) is 28.1 Å². The van der Waals surface area contributed by atoms with Gasteiger partial charge in [0.15, 0.2) is 11.5 Å². The van der Waals surface area contributed by atoms with Crippen LogP contribution in [0, 0.1) is 0 Å². The highest BCUT2D eigenvalue weighted by atomic mass is 79.9. The van der Waals surface area contributed by atoms with E-state index in [2.05, 4.69) is 21.0 Å². The molecule has 0 aliphatic carbocycles. The standard InChI is InChI=1S/C13H13BrN2O3/c1-16-3-2-10(15-16)12(17)8-6-9(14)13-11(7-8)18-4-5-19-13/h2-3,6-7,12,17H,4-5H2,1H3. The van der Waals surface area contributed by atoms with E-state index in [9.17, 15) is 5.11 Å². The van der Waals surface area contributed by atoms with Crippen molar-refractivity contribution in [2.45, 2.75) is 6.10 Å². The van der Waals surface area contributed by atoms with E-state index in [0.29, 0.717) is 30.4 Å². The van der Waals surface area contributed by atoms with Crippen molar-refractivity contribution in [2.24, 2.45) is 7.05 Å². The van der Waals surface area contributed by atoms with Gasteiger partial charge in [-0.25, -0.2) is 0 Å². The van der Waals surface area contributed by atoms with Gasteiger partial charge in [-0.3, -0.25) is 4.68 Å². The molecule has 6 heteroatoms. The molecule has 1 aliphatic heterocycles. The van der Waals surface area contributed by atoms with E-state index in [1.807, 2.05) is 13.1 Å². The van der Waals surface area contributed by atoms with E-state index in [0.717, 1.165) is 10.0 Å². The molecular weight excluding hydrogens is 312 g/mol. The number of aliphatic hydroxyl groups is 1. The minimum Gasteiger partial charge on any atom is -0.486 e. The van der Waals surface area contributed by atoms with Crippen LogP contribution in [0.2, 0.25) is 0 Å². The molecule has 0 spiro atoms. The molecule has 1 aromatic heterocycles. The Kier molecular flexibility index (Phi) is 3.20. The highest BCUT2D eigenvalue weighted by Crippen LogP contribution is 2.40. The SMILES string of the molecule is Cn1ccc(C(O)c2cc(Br)c3c(c2)OCCO3)n1. The highest BCUT2D eigenvalue weighted by Gasteiger charge is 2.21. The van der Waals surface area contributed by atoms with Crippen LogP contribution in [0.3, 0.4) is 0 Å². The number of rotatable bonds is 2. The number of hydrogen-bond acceptors (Lipinski definition) is 4. The Balaban J connectivity index is 1.99. The Hall–Kier alpha value is -1.53. The third kappa shape index (κ3) is 2.33. The Bertz CT molecular complexity index is 612. The van der Waals surface area contributed by atoms with Crippen LogP contribution in [0.25, 0.3) is 0 Å². The van der Waals surface area contributed by atoms with Gasteiger partial charge in [-0.2, -0.15) is 5.10 Å². The van der Waals surface area contributed by atoms with Crippen LogP contribution in [0.4, 0.5) is 0 Å². The fourth-order valence-corrected chi connectivity index (χ4v) is 2.61. The molecule has 1 aliphatic rings. The molecule has 100 valence electrons. The number of nitrogens with zero attached hydrogens (tertiary/aromatic N) is 2. The molecule has 1 aromatic carbocycles. The summed E-state index contributed by atoms with van der Waals surface area (Å²) in [6.07, 6.45) is 1.01. The van der Waals surface area contributed by atoms with Gasteiger partial charge in [-0.05, 0) is 39.7 Å². The molecule has 0 radical (unpaired) electrons. The topological polar surface area (TPSA) is 56.5 Å². The van der Waals surface area contributed by atoms with E-state index >= 15 is 0 Å². The molecule has 1 unspecified atom stereocenters. The Morgan fingerprint density at radius 1 is 1.37 bits per heavy atom. The number of halogens is 1. The van der Waals surface area contributed by atoms with E-state index in [-0.39, 0.29) is 0 Å². The molecule has 1 N–H and O–H groups in total. The molecule has 5 nitrogen and oxygen atoms in total. The Morgan fingerprint density at radius 2 is 2.16 bits per heavy atom. The number of aryl methyl sites for hydroxylation is 1. The first-order valence-corrected chi connectivity index (χ1v) is 6.71. The van der Waals surface area contributed by atoms with Gasteiger partial charge in [-0.15, -0.1) is 0 Å². The molecule has 1 atom stereocenters. The van der Waals surface area contributed by atoms with Crippen molar-refractivity contribution in [1.29, 1.82) is 0 Å². The van der Waals surface area contributed by atoms with Gasteiger partial charge in [0, 0.05) is 13.2 Å². The highest BCUT2D eigenvalue weighted by molar-refractivity contribution is 9.10. The number of benzene rings is 1. The van der Waals surface area contributed by atoms with E-state index in [1.54, 1.807) is 23.0 Å². The molecule has 0 saturated heterocycles. The Morgan fingerprint density at radius 3 is 2.89 bits per heavy atom. The summed E-state index contributed by atoms with van der Waals surface area (Å²) in [7, 11) is 1.82. The summed E-state index contributed by atoms with van der Waals surface area (Å²) < 4.78 is 13.5. The molecule has 3 rings (SSSR count). The van der Waals surface area contributed by atoms with Gasteiger partial charge < -0.3 is 14.6 Å². The molecule has 0 fully saturated rings. The molecule has 2 heterocycles. The van der Waals surface area contributed by atoms with Crippen molar-refractivity contribution in [3.8, 4) is 11.5 Å². The molecule has 2 aromatic rings. The predicted molar refractivity (Wildman–Crippen MR) is 72.4 cm³/mol. The molecule has 0 saturated carbocycles. The molecule has 0 amide bonds. The van der Waals surface area contributed by atoms with Crippen LogP contribution in [0.5, 0.6) is 11.5 Å². The third-order valence-electron chi connectivity index (χ3n) is 2.95. The van der Waals surface area contributed by atoms with Gasteiger partial charge >= 0.3 is 0 Å². The van der Waals surface area contributed by atoms with Crippen molar-refractivity contribution in [1.82, 2.24) is 9.78 Å². The summed E-state index contributed by atoms with van der Waals surface area (Å²) in [5.41, 5.74) is 1.32. The zero-order chi connectivity index (χ0) is 13.4. The van der Waals surface area contributed by atoms with Gasteiger partial charge in [0.25, 0.3) is 0 Å². The number of aromatic nitrogens is 2. The van der Waals surface area contributed by atoms with Crippen molar-refractivity contribution in [2.75, 3.05) is 13.2 Å². The van der Waals surface area contributed by atoms with Crippen LogP contribution < -0.4 is 9.47 Å². The molecule has 0 bridgehead atoms. The summed E-state index contributed by atoms with van der Waals surface area (Å²) in [4.78, 5) is 0. The van der Waals surface area contributed by atoms with Gasteiger partial charge in [0.2, 0.25) is 0 Å². The molecule has 19 heavy (non-hydrogen) atoms. The lowest BCUT2D eigenvalue weighted by atomic mass is 10.1. The smallest absolute Gasteiger partial charge is 0.175 e. The number of aliphatic hydroxyl groups excluding tert-OH is 1. The van der Waals surface area contributed by atoms with Crippen LogP contribution in [-0.2, 0) is 7.05 Å². The summed E-state index contributed by atoms with van der Waals surface area (Å²) in [6, 6.07) is 5.40. The summed E-state index contributed by atoms with van der Waals surface area (Å²) in [5.74, 6) is 1.33. The lowest BCUT2D eigenvalue weighted by Crippen LogP contribution is -2.16. The van der Waals surface area contributed by atoms with E-state index < -0.39 is 6.10 Å². The lowest BCUT2D eigenvalue weighted by molar-refractivity contribution is 0.168. The number of fused-ring (bicyclic) bond motifs is 1. The largest absolute Gasteiger partial charge is 0.486 e. The minimum atomic E-state index is -0.784. The second-order valence-electron chi connectivity index (χ2n) is 4.34. The maximum atomic E-state index is 10.3. The maximum Gasteiger partial charge on any atom is 0.175 e. The normalized spacial score (nSPS) is 15.3. The second-order valence-corrected chi connectivity index (χ2v) is 5.20. The van der Waals surface area contributed by atoms with Crippen LogP contribution >= 0.6 is 15.9 Å². The number of ether oxygens (including phenoxy) is 2. The van der Waals surface area contributed by atoms with Gasteiger partial charge in [0.05, 0.1) is 10.2 Å². The zero-order valence-corrected chi connectivity index (χ0v) is 11.9. The fraction of sp³-hybridized carbons (Fsp3) is 0.308. The maximum absolute atomic E-state index is 10.3. The first-order chi connectivity index (χ1) is 9.15. The predicted octanol–water partition coefficient (Wildman–Crippen LogP) is 2.04. The minimum absolute atomic E-state index is 0.516. The lowest BCUT2D eigenvalue weighted by Gasteiger charge is -2.21. The van der Waals surface area contributed by atoms with Crippen LogP contribution in [0.1, 0.15) is 17.4 Å².